The van der Waals surface area contributed by atoms with Gasteiger partial charge in [0.2, 0.25) is 6.29 Å². The van der Waals surface area contributed by atoms with Crippen molar-refractivity contribution in [1.29, 1.82) is 0 Å². The molecule has 1 aliphatic rings. The Balaban J connectivity index is 1.95. The van der Waals surface area contributed by atoms with Gasteiger partial charge >= 0.3 is 0 Å². The fraction of sp³-hybridized carbons (Fsp3) is 0.222. The lowest BCUT2D eigenvalue weighted by molar-refractivity contribution is -0.0390. The van der Waals surface area contributed by atoms with Crippen LogP contribution in [0.5, 0.6) is 17.2 Å². The maximum Gasteiger partial charge on any atom is 0.227 e. The van der Waals surface area contributed by atoms with Crippen LogP contribution in [0.4, 0.5) is 0 Å². The van der Waals surface area contributed by atoms with Crippen LogP contribution in [0.1, 0.15) is 17.5 Å². The van der Waals surface area contributed by atoms with E-state index in [1.165, 1.54) is 0 Å². The second-order valence-electron chi connectivity index (χ2n) is 5.23. The lowest BCUT2D eigenvalue weighted by Crippen LogP contribution is -2.25. The quantitative estimate of drug-likeness (QED) is 0.607. The number of fused-ring (bicyclic) bond motifs is 1. The van der Waals surface area contributed by atoms with Crippen LogP contribution in [0.3, 0.4) is 0 Å². The molecule has 3 rings (SSSR count). The van der Waals surface area contributed by atoms with Crippen molar-refractivity contribution in [3.8, 4) is 17.2 Å². The van der Waals surface area contributed by atoms with Gasteiger partial charge in [0.1, 0.15) is 17.2 Å². The molecule has 0 saturated heterocycles. The molecule has 0 aliphatic carbocycles. The van der Waals surface area contributed by atoms with Crippen molar-refractivity contribution in [1.82, 2.24) is 0 Å². The second kappa shape index (κ2) is 7.06. The summed E-state index contributed by atoms with van der Waals surface area (Å²) < 4.78 is 11.8. The maximum absolute atomic E-state index is 9.63. The molecule has 2 N–H and O–H groups in total. The number of phenols is 2. The predicted molar refractivity (Wildman–Crippen MR) is 92.9 cm³/mol. The van der Waals surface area contributed by atoms with Crippen molar-refractivity contribution in [2.75, 3.05) is 11.9 Å². The van der Waals surface area contributed by atoms with E-state index in [2.05, 4.69) is 15.9 Å². The van der Waals surface area contributed by atoms with Crippen molar-refractivity contribution in [2.45, 2.75) is 12.7 Å². The molecule has 2 aromatic rings. The van der Waals surface area contributed by atoms with Gasteiger partial charge in [-0.2, -0.15) is 0 Å². The third-order valence-corrected chi connectivity index (χ3v) is 4.10. The van der Waals surface area contributed by atoms with Gasteiger partial charge in [0.05, 0.1) is 6.61 Å². The number of halogens is 1. The molecular formula is C18H17BrO4. The zero-order valence-electron chi connectivity index (χ0n) is 12.4. The third kappa shape index (κ3) is 3.68. The zero-order chi connectivity index (χ0) is 16.2. The molecule has 5 heteroatoms. The molecule has 0 saturated carbocycles. The predicted octanol–water partition coefficient (Wildman–Crippen LogP) is 4.16. The highest BCUT2D eigenvalue weighted by molar-refractivity contribution is 9.09. The summed E-state index contributed by atoms with van der Waals surface area (Å²) in [5.74, 6) is 0.967. The van der Waals surface area contributed by atoms with Crippen molar-refractivity contribution in [3.63, 3.8) is 0 Å². The minimum atomic E-state index is -0.548. The minimum Gasteiger partial charge on any atom is -0.508 e. The highest BCUT2D eigenvalue weighted by atomic mass is 79.9. The molecule has 1 atom stereocenters. The van der Waals surface area contributed by atoms with Crippen LogP contribution in [-0.2, 0) is 4.74 Å². The first-order valence-corrected chi connectivity index (χ1v) is 8.48. The largest absolute Gasteiger partial charge is 0.508 e. The first-order chi connectivity index (χ1) is 11.2. The van der Waals surface area contributed by atoms with E-state index in [4.69, 9.17) is 9.47 Å². The first-order valence-electron chi connectivity index (χ1n) is 7.35. The number of aromatic hydroxyl groups is 2. The zero-order valence-corrected chi connectivity index (χ0v) is 14.0. The molecule has 4 nitrogen and oxygen atoms in total. The van der Waals surface area contributed by atoms with Gasteiger partial charge in [-0.25, -0.2) is 0 Å². The number of phenolic OH excluding ortho intramolecular Hbond substituents is 2. The van der Waals surface area contributed by atoms with Crippen LogP contribution < -0.4 is 4.74 Å². The van der Waals surface area contributed by atoms with Crippen LogP contribution in [0.2, 0.25) is 0 Å². The second-order valence-corrected chi connectivity index (χ2v) is 6.02. The minimum absolute atomic E-state index is 0.157. The standard InChI is InChI=1S/C18H17BrO4/c19-8-1-9-22-18-16(12-2-5-14(20)6-3-12)10-13-4-7-15(21)11-17(13)23-18/h2-7,10-11,18,20-21H,1,8-9H2. The van der Waals surface area contributed by atoms with Crippen molar-refractivity contribution in [3.05, 3.63) is 53.6 Å². The van der Waals surface area contributed by atoms with Crippen LogP contribution in [0.25, 0.3) is 11.6 Å². The van der Waals surface area contributed by atoms with E-state index in [9.17, 15) is 10.2 Å². The summed E-state index contributed by atoms with van der Waals surface area (Å²) >= 11 is 3.38. The number of hydrogen-bond acceptors (Lipinski definition) is 4. The smallest absolute Gasteiger partial charge is 0.227 e. The molecule has 1 heterocycles. The Morgan fingerprint density at radius 1 is 1.04 bits per heavy atom. The highest BCUT2D eigenvalue weighted by Gasteiger charge is 2.25. The number of hydrogen-bond donors (Lipinski definition) is 2. The van der Waals surface area contributed by atoms with Crippen molar-refractivity contribution in [2.24, 2.45) is 0 Å². The summed E-state index contributed by atoms with van der Waals surface area (Å²) in [6.07, 6.45) is 2.31. The number of rotatable bonds is 5. The highest BCUT2D eigenvalue weighted by Crippen LogP contribution is 2.37. The Morgan fingerprint density at radius 3 is 2.52 bits per heavy atom. The molecule has 0 fully saturated rings. The van der Waals surface area contributed by atoms with Gasteiger partial charge in [0.15, 0.2) is 0 Å². The van der Waals surface area contributed by atoms with Crippen molar-refractivity contribution < 1.29 is 19.7 Å². The van der Waals surface area contributed by atoms with Crippen LogP contribution in [0, 0.1) is 0 Å². The maximum atomic E-state index is 9.63. The molecule has 0 amide bonds. The SMILES string of the molecule is Oc1ccc(C2=Cc3ccc(O)cc3OC2OCCCBr)cc1. The summed E-state index contributed by atoms with van der Waals surface area (Å²) in [6.45, 7) is 0.555. The number of alkyl halides is 1. The molecular weight excluding hydrogens is 360 g/mol. The van der Waals surface area contributed by atoms with Gasteiger partial charge < -0.3 is 19.7 Å². The van der Waals surface area contributed by atoms with Crippen LogP contribution >= 0.6 is 15.9 Å². The molecule has 1 unspecified atom stereocenters. The Labute approximate surface area is 143 Å². The van der Waals surface area contributed by atoms with E-state index in [0.29, 0.717) is 12.4 Å². The van der Waals surface area contributed by atoms with E-state index in [-0.39, 0.29) is 11.5 Å². The lowest BCUT2D eigenvalue weighted by atomic mass is 9.99. The Hall–Kier alpha value is -1.98. The van der Waals surface area contributed by atoms with Gasteiger partial charge in [-0.3, -0.25) is 0 Å². The van der Waals surface area contributed by atoms with Gasteiger partial charge in [0.25, 0.3) is 0 Å². The monoisotopic (exact) mass is 376 g/mol. The third-order valence-electron chi connectivity index (χ3n) is 3.54. The van der Waals surface area contributed by atoms with Crippen LogP contribution in [-0.4, -0.2) is 28.4 Å². The molecule has 0 radical (unpaired) electrons. The summed E-state index contributed by atoms with van der Waals surface area (Å²) in [5, 5.41) is 20.0. The fourth-order valence-electron chi connectivity index (χ4n) is 2.40. The molecule has 23 heavy (non-hydrogen) atoms. The number of ether oxygens (including phenoxy) is 2. The average molecular weight is 377 g/mol. The van der Waals surface area contributed by atoms with Gasteiger partial charge in [-0.05, 0) is 42.3 Å². The van der Waals surface area contributed by atoms with E-state index in [1.54, 1.807) is 30.3 Å². The van der Waals surface area contributed by atoms with Crippen LogP contribution in [0.15, 0.2) is 42.5 Å². The fourth-order valence-corrected chi connectivity index (χ4v) is 2.63. The topological polar surface area (TPSA) is 58.9 Å². The molecule has 2 aromatic carbocycles. The Morgan fingerprint density at radius 2 is 1.78 bits per heavy atom. The molecule has 0 spiro atoms. The van der Waals surface area contributed by atoms with Gasteiger partial charge in [-0.1, -0.05) is 28.1 Å². The van der Waals surface area contributed by atoms with Gasteiger partial charge in [-0.15, -0.1) is 0 Å². The van der Waals surface area contributed by atoms with E-state index in [0.717, 1.165) is 28.5 Å². The normalized spacial score (nSPS) is 16.4. The molecule has 120 valence electrons. The Bertz CT molecular complexity index is 709. The summed E-state index contributed by atoms with van der Waals surface area (Å²) in [7, 11) is 0. The molecule has 0 bridgehead atoms. The average Bonchev–Trinajstić information content (AvgIpc) is 2.55. The van der Waals surface area contributed by atoms with E-state index in [1.807, 2.05) is 18.2 Å². The van der Waals surface area contributed by atoms with E-state index < -0.39 is 6.29 Å². The van der Waals surface area contributed by atoms with Crippen molar-refractivity contribution >= 4 is 27.6 Å². The lowest BCUT2D eigenvalue weighted by Gasteiger charge is -2.27. The summed E-state index contributed by atoms with van der Waals surface area (Å²) in [6, 6.07) is 11.9. The van der Waals surface area contributed by atoms with E-state index >= 15 is 0 Å². The first kappa shape index (κ1) is 15.9. The van der Waals surface area contributed by atoms with Gasteiger partial charge in [0, 0.05) is 22.5 Å². The summed E-state index contributed by atoms with van der Waals surface area (Å²) in [5.41, 5.74) is 2.69. The Kier molecular flexibility index (Phi) is 4.88. The molecule has 0 aromatic heterocycles. The molecule has 1 aliphatic heterocycles. The summed E-state index contributed by atoms with van der Waals surface area (Å²) in [4.78, 5) is 0. The number of benzene rings is 2.